The molecule has 9 nitrogen and oxygen atoms in total. The summed E-state index contributed by atoms with van der Waals surface area (Å²) in [6.45, 7) is 0. The first-order valence-corrected chi connectivity index (χ1v) is 15.8. The lowest BCUT2D eigenvalue weighted by Gasteiger charge is -2.15. The minimum Gasteiger partial charge on any atom is -0.308 e. The van der Waals surface area contributed by atoms with E-state index in [0.29, 0.717) is 45.0 Å². The predicted molar refractivity (Wildman–Crippen MR) is 193 cm³/mol. The summed E-state index contributed by atoms with van der Waals surface area (Å²) in [5.74, 6) is 0.843. The molecule has 51 heavy (non-hydrogen) atoms. The number of aromatic nitrogens is 5. The Morgan fingerprint density at radius 2 is 0.863 bits per heavy atom. The van der Waals surface area contributed by atoms with Crippen LogP contribution in [0.5, 0.6) is 0 Å². The fourth-order valence-electron chi connectivity index (χ4n) is 6.29. The normalized spacial score (nSPS) is 10.7. The van der Waals surface area contributed by atoms with Gasteiger partial charge in [-0.1, -0.05) is 36.4 Å². The Labute approximate surface area is 291 Å². The van der Waals surface area contributed by atoms with Crippen molar-refractivity contribution in [3.05, 3.63) is 150 Å². The standard InChI is InChI=1S/C42H21N9/c43-18-26-3-1-5-30(13-26)32-7-10-38-35(15-32)36-16-33(31-6-2-4-27(14-31)19-44)8-11-39(36)51(38)40-12-9-34(41-47-22-28(20-45)23-48-41)17-37(40)42-49-24-29(21-46)25-50-42/h1-17,22-25H. The lowest BCUT2D eigenvalue weighted by molar-refractivity contribution is 1.12. The summed E-state index contributed by atoms with van der Waals surface area (Å²) >= 11 is 0. The Morgan fingerprint density at radius 3 is 1.35 bits per heavy atom. The van der Waals surface area contributed by atoms with E-state index in [1.54, 1.807) is 12.1 Å². The van der Waals surface area contributed by atoms with Gasteiger partial charge in [-0.3, -0.25) is 0 Å². The van der Waals surface area contributed by atoms with Gasteiger partial charge in [0.05, 0.1) is 51.1 Å². The van der Waals surface area contributed by atoms with Crippen LogP contribution in [0, 0.1) is 45.3 Å². The Kier molecular flexibility index (Phi) is 7.48. The molecule has 0 spiro atoms. The van der Waals surface area contributed by atoms with E-state index in [-0.39, 0.29) is 0 Å². The minimum atomic E-state index is 0.338. The molecule has 0 fully saturated rings. The van der Waals surface area contributed by atoms with Gasteiger partial charge >= 0.3 is 0 Å². The van der Waals surface area contributed by atoms with Gasteiger partial charge < -0.3 is 4.57 Å². The largest absolute Gasteiger partial charge is 0.308 e. The van der Waals surface area contributed by atoms with E-state index < -0.39 is 0 Å². The highest BCUT2D eigenvalue weighted by Crippen LogP contribution is 2.40. The fraction of sp³-hybridized carbons (Fsp3) is 0. The van der Waals surface area contributed by atoms with Gasteiger partial charge in [-0.2, -0.15) is 21.0 Å². The topological polar surface area (TPSA) is 152 Å². The molecule has 8 aromatic rings. The van der Waals surface area contributed by atoms with Crippen molar-refractivity contribution >= 4 is 21.8 Å². The van der Waals surface area contributed by atoms with Gasteiger partial charge in [0.2, 0.25) is 0 Å². The molecular weight excluding hydrogens is 631 g/mol. The van der Waals surface area contributed by atoms with Crippen LogP contribution in [0.3, 0.4) is 0 Å². The van der Waals surface area contributed by atoms with E-state index in [9.17, 15) is 21.0 Å². The number of nitriles is 4. The predicted octanol–water partition coefficient (Wildman–Crippen LogP) is 8.52. The first kappa shape index (κ1) is 30.4. The summed E-state index contributed by atoms with van der Waals surface area (Å²) in [6.07, 6.45) is 5.95. The van der Waals surface area contributed by atoms with Crippen molar-refractivity contribution in [3.63, 3.8) is 0 Å². The van der Waals surface area contributed by atoms with Crippen LogP contribution in [-0.2, 0) is 0 Å². The second-order valence-corrected chi connectivity index (χ2v) is 11.7. The van der Waals surface area contributed by atoms with Crippen molar-refractivity contribution in [1.82, 2.24) is 24.5 Å². The molecule has 8 rings (SSSR count). The van der Waals surface area contributed by atoms with Crippen molar-refractivity contribution in [2.24, 2.45) is 0 Å². The van der Waals surface area contributed by atoms with Gasteiger partial charge in [-0.15, -0.1) is 0 Å². The molecule has 0 unspecified atom stereocenters. The molecule has 0 saturated heterocycles. The fourth-order valence-corrected chi connectivity index (χ4v) is 6.29. The summed E-state index contributed by atoms with van der Waals surface area (Å²) in [6, 6.07) is 42.0. The molecule has 0 saturated carbocycles. The van der Waals surface area contributed by atoms with Gasteiger partial charge in [-0.05, 0) is 89.0 Å². The van der Waals surface area contributed by atoms with E-state index in [1.807, 2.05) is 66.7 Å². The third-order valence-corrected chi connectivity index (χ3v) is 8.71. The maximum atomic E-state index is 9.57. The second-order valence-electron chi connectivity index (χ2n) is 11.7. The number of hydrogen-bond acceptors (Lipinski definition) is 8. The average Bonchev–Trinajstić information content (AvgIpc) is 3.53. The van der Waals surface area contributed by atoms with Crippen molar-refractivity contribution < 1.29 is 0 Å². The average molecular weight is 652 g/mol. The van der Waals surface area contributed by atoms with Crippen molar-refractivity contribution in [2.45, 2.75) is 0 Å². The highest BCUT2D eigenvalue weighted by Gasteiger charge is 2.20. The number of benzene rings is 5. The van der Waals surface area contributed by atoms with Crippen LogP contribution >= 0.6 is 0 Å². The molecule has 0 amide bonds. The van der Waals surface area contributed by atoms with Crippen LogP contribution in [0.25, 0.3) is 72.5 Å². The van der Waals surface area contributed by atoms with Crippen LogP contribution in [0.15, 0.2) is 128 Å². The first-order valence-electron chi connectivity index (χ1n) is 15.8. The molecule has 9 heteroatoms. The van der Waals surface area contributed by atoms with Crippen LogP contribution in [-0.4, -0.2) is 24.5 Å². The molecule has 0 aliphatic carbocycles. The lowest BCUT2D eigenvalue weighted by atomic mass is 9.99. The smallest absolute Gasteiger partial charge is 0.161 e. The maximum absolute atomic E-state index is 9.57. The Balaban J connectivity index is 1.41. The highest BCUT2D eigenvalue weighted by atomic mass is 15.0. The van der Waals surface area contributed by atoms with E-state index in [0.717, 1.165) is 49.7 Å². The molecule has 3 heterocycles. The maximum Gasteiger partial charge on any atom is 0.161 e. The van der Waals surface area contributed by atoms with Crippen LogP contribution in [0.2, 0.25) is 0 Å². The lowest BCUT2D eigenvalue weighted by Crippen LogP contribution is -2.01. The van der Waals surface area contributed by atoms with Crippen molar-refractivity contribution in [1.29, 1.82) is 21.0 Å². The number of hydrogen-bond donors (Lipinski definition) is 0. The Bertz CT molecular complexity index is 2730. The molecule has 5 aromatic carbocycles. The molecule has 0 atom stereocenters. The number of nitrogens with zero attached hydrogens (tertiary/aromatic N) is 9. The molecule has 0 aliphatic rings. The summed E-state index contributed by atoms with van der Waals surface area (Å²) < 4.78 is 2.16. The number of fused-ring (bicyclic) bond motifs is 3. The summed E-state index contributed by atoms with van der Waals surface area (Å²) in [5.41, 5.74) is 9.62. The summed E-state index contributed by atoms with van der Waals surface area (Å²) in [7, 11) is 0. The Morgan fingerprint density at radius 1 is 0.412 bits per heavy atom. The number of rotatable bonds is 5. The summed E-state index contributed by atoms with van der Waals surface area (Å²) in [5, 5.41) is 39.8. The van der Waals surface area contributed by atoms with E-state index in [4.69, 9.17) is 0 Å². The second kappa shape index (κ2) is 12.6. The van der Waals surface area contributed by atoms with E-state index in [1.165, 1.54) is 24.8 Å². The SMILES string of the molecule is N#Cc1cnc(-c2ccc(-n3c4ccc(-c5cccc(C#N)c5)cc4c4cc(-c5cccc(C#N)c5)ccc43)c(-c3ncc(C#N)cn3)c2)nc1. The van der Waals surface area contributed by atoms with Crippen molar-refractivity contribution in [3.8, 4) is 75.0 Å². The zero-order chi connectivity index (χ0) is 34.9. The minimum absolute atomic E-state index is 0.338. The highest BCUT2D eigenvalue weighted by molar-refractivity contribution is 6.12. The van der Waals surface area contributed by atoms with Gasteiger partial charge in [0.1, 0.15) is 12.1 Å². The third-order valence-electron chi connectivity index (χ3n) is 8.71. The van der Waals surface area contributed by atoms with Gasteiger partial charge in [0.25, 0.3) is 0 Å². The molecule has 0 bridgehead atoms. The first-order chi connectivity index (χ1) is 25.1. The van der Waals surface area contributed by atoms with E-state index >= 15 is 0 Å². The van der Waals surface area contributed by atoms with Crippen LogP contribution in [0.1, 0.15) is 22.3 Å². The van der Waals surface area contributed by atoms with E-state index in [2.05, 4.69) is 73.0 Å². The van der Waals surface area contributed by atoms with Gasteiger partial charge in [0, 0.05) is 46.7 Å². The monoisotopic (exact) mass is 651 g/mol. The molecule has 3 aromatic heterocycles. The molecule has 0 N–H and O–H groups in total. The van der Waals surface area contributed by atoms with Crippen LogP contribution < -0.4 is 0 Å². The van der Waals surface area contributed by atoms with Crippen molar-refractivity contribution in [2.75, 3.05) is 0 Å². The third kappa shape index (κ3) is 5.46. The molecular formula is C42H21N9. The van der Waals surface area contributed by atoms with Gasteiger partial charge in [0.15, 0.2) is 11.6 Å². The summed E-state index contributed by atoms with van der Waals surface area (Å²) in [4.78, 5) is 18.0. The zero-order valence-electron chi connectivity index (χ0n) is 26.6. The van der Waals surface area contributed by atoms with Crippen LogP contribution in [0.4, 0.5) is 0 Å². The molecule has 0 radical (unpaired) electrons. The molecule has 0 aliphatic heterocycles. The van der Waals surface area contributed by atoms with Gasteiger partial charge in [-0.25, -0.2) is 19.9 Å². The Hall–Kier alpha value is -7.98. The quantitative estimate of drug-likeness (QED) is 0.180. The molecule has 234 valence electrons. The zero-order valence-corrected chi connectivity index (χ0v) is 26.6.